The van der Waals surface area contributed by atoms with E-state index in [1.54, 1.807) is 17.4 Å². The lowest BCUT2D eigenvalue weighted by Gasteiger charge is -2.27. The molecule has 1 aliphatic carbocycles. The summed E-state index contributed by atoms with van der Waals surface area (Å²) in [6, 6.07) is 3.94. The van der Waals surface area contributed by atoms with Gasteiger partial charge in [-0.3, -0.25) is 4.79 Å². The van der Waals surface area contributed by atoms with Crippen molar-refractivity contribution in [2.75, 3.05) is 6.54 Å². The lowest BCUT2D eigenvalue weighted by Crippen LogP contribution is -2.30. The van der Waals surface area contributed by atoms with Crippen LogP contribution in [-0.4, -0.2) is 16.5 Å². The predicted octanol–water partition coefficient (Wildman–Crippen LogP) is 2.60. The normalized spacial score (nSPS) is 19.6. The SMILES string of the molecule is CC(CNC1CCCc2[nH]c(=O)ccc21)c1nccs1. The largest absolute Gasteiger partial charge is 0.326 e. The third-order valence-corrected chi connectivity index (χ3v) is 4.88. The molecule has 2 N–H and O–H groups in total. The quantitative estimate of drug-likeness (QED) is 0.909. The lowest BCUT2D eigenvalue weighted by molar-refractivity contribution is 0.441. The molecule has 1 aliphatic rings. The van der Waals surface area contributed by atoms with Crippen LogP contribution in [0.15, 0.2) is 28.5 Å². The van der Waals surface area contributed by atoms with Crippen molar-refractivity contribution in [1.29, 1.82) is 0 Å². The number of nitrogens with one attached hydrogen (secondary N) is 2. The predicted molar refractivity (Wildman–Crippen MR) is 81.3 cm³/mol. The number of thiazole rings is 1. The lowest BCUT2D eigenvalue weighted by atomic mass is 9.91. The molecule has 0 spiro atoms. The van der Waals surface area contributed by atoms with Gasteiger partial charge in [-0.05, 0) is 24.8 Å². The molecule has 20 heavy (non-hydrogen) atoms. The molecule has 0 saturated carbocycles. The van der Waals surface area contributed by atoms with Gasteiger partial charge in [-0.1, -0.05) is 13.0 Å². The van der Waals surface area contributed by atoms with E-state index < -0.39 is 0 Å². The van der Waals surface area contributed by atoms with Gasteiger partial charge in [-0.2, -0.15) is 0 Å². The van der Waals surface area contributed by atoms with E-state index in [1.807, 2.05) is 17.6 Å². The Labute approximate surface area is 122 Å². The van der Waals surface area contributed by atoms with Gasteiger partial charge >= 0.3 is 0 Å². The molecule has 2 atom stereocenters. The molecule has 2 aromatic rings. The Balaban J connectivity index is 1.69. The van der Waals surface area contributed by atoms with Gasteiger partial charge in [0.2, 0.25) is 5.56 Å². The Morgan fingerprint density at radius 3 is 3.25 bits per heavy atom. The van der Waals surface area contributed by atoms with E-state index in [0.29, 0.717) is 12.0 Å². The summed E-state index contributed by atoms with van der Waals surface area (Å²) in [7, 11) is 0. The van der Waals surface area contributed by atoms with Crippen LogP contribution in [0.5, 0.6) is 0 Å². The maximum atomic E-state index is 11.4. The number of fused-ring (bicyclic) bond motifs is 1. The molecule has 106 valence electrons. The van der Waals surface area contributed by atoms with E-state index in [1.165, 1.54) is 10.6 Å². The molecule has 0 aromatic carbocycles. The molecule has 2 aromatic heterocycles. The van der Waals surface area contributed by atoms with Gasteiger partial charge < -0.3 is 10.3 Å². The van der Waals surface area contributed by atoms with Crippen LogP contribution >= 0.6 is 11.3 Å². The minimum absolute atomic E-state index is 0.000513. The summed E-state index contributed by atoms with van der Waals surface area (Å²) >= 11 is 1.71. The third-order valence-electron chi connectivity index (χ3n) is 3.88. The zero-order chi connectivity index (χ0) is 13.9. The highest BCUT2D eigenvalue weighted by molar-refractivity contribution is 7.09. The minimum Gasteiger partial charge on any atom is -0.326 e. The van der Waals surface area contributed by atoms with E-state index >= 15 is 0 Å². The van der Waals surface area contributed by atoms with E-state index in [0.717, 1.165) is 31.5 Å². The van der Waals surface area contributed by atoms with E-state index in [2.05, 4.69) is 22.2 Å². The number of H-pyrrole nitrogens is 1. The zero-order valence-corrected chi connectivity index (χ0v) is 12.4. The fourth-order valence-corrected chi connectivity index (χ4v) is 3.50. The summed E-state index contributed by atoms with van der Waals surface area (Å²) in [5, 5.41) is 6.83. The first-order valence-electron chi connectivity index (χ1n) is 7.09. The van der Waals surface area contributed by atoms with Crippen LogP contribution in [0.4, 0.5) is 0 Å². The van der Waals surface area contributed by atoms with Gasteiger partial charge in [0.1, 0.15) is 0 Å². The summed E-state index contributed by atoms with van der Waals surface area (Å²) < 4.78 is 0. The van der Waals surface area contributed by atoms with Crippen molar-refractivity contribution in [2.45, 2.75) is 38.1 Å². The van der Waals surface area contributed by atoms with Gasteiger partial charge in [-0.25, -0.2) is 4.98 Å². The Kier molecular flexibility index (Phi) is 3.98. The topological polar surface area (TPSA) is 57.8 Å². The maximum absolute atomic E-state index is 11.4. The average molecular weight is 289 g/mol. The van der Waals surface area contributed by atoms with Gasteiger partial charge in [0.05, 0.1) is 5.01 Å². The summed E-state index contributed by atoms with van der Waals surface area (Å²) in [5.74, 6) is 0.420. The first-order valence-corrected chi connectivity index (χ1v) is 7.97. The highest BCUT2D eigenvalue weighted by Gasteiger charge is 2.21. The highest BCUT2D eigenvalue weighted by atomic mass is 32.1. The van der Waals surface area contributed by atoms with Crippen molar-refractivity contribution >= 4 is 11.3 Å². The van der Waals surface area contributed by atoms with Crippen molar-refractivity contribution in [2.24, 2.45) is 0 Å². The number of hydrogen-bond donors (Lipinski definition) is 2. The molecule has 5 heteroatoms. The van der Waals surface area contributed by atoms with Crippen molar-refractivity contribution in [3.8, 4) is 0 Å². The smallest absolute Gasteiger partial charge is 0.248 e. The van der Waals surface area contributed by atoms with Crippen molar-refractivity contribution < 1.29 is 0 Å². The van der Waals surface area contributed by atoms with E-state index in [4.69, 9.17) is 0 Å². The third kappa shape index (κ3) is 2.83. The number of aromatic nitrogens is 2. The minimum atomic E-state index is 0.000513. The Hall–Kier alpha value is -1.46. The first-order chi connectivity index (χ1) is 9.74. The number of pyridine rings is 1. The molecular weight excluding hydrogens is 270 g/mol. The second-order valence-electron chi connectivity index (χ2n) is 5.38. The standard InChI is InChI=1S/C15H19N3OS/c1-10(15-16-7-8-20-15)9-17-12-3-2-4-13-11(12)5-6-14(19)18-13/h5-8,10,12,17H,2-4,9H2,1H3,(H,18,19). The van der Waals surface area contributed by atoms with Crippen molar-refractivity contribution in [3.05, 3.63) is 50.3 Å². The molecule has 2 heterocycles. The summed E-state index contributed by atoms with van der Waals surface area (Å²) in [6.45, 7) is 3.11. The van der Waals surface area contributed by atoms with E-state index in [9.17, 15) is 4.79 Å². The Bertz CT molecular complexity index is 620. The second-order valence-corrected chi connectivity index (χ2v) is 6.31. The number of aromatic amines is 1. The highest BCUT2D eigenvalue weighted by Crippen LogP contribution is 2.28. The van der Waals surface area contributed by atoms with Crippen molar-refractivity contribution in [3.63, 3.8) is 0 Å². The summed E-state index contributed by atoms with van der Waals surface area (Å²) in [4.78, 5) is 18.7. The van der Waals surface area contributed by atoms with Crippen LogP contribution in [0.1, 0.15) is 48.0 Å². The van der Waals surface area contributed by atoms with Gasteiger partial charge in [0.25, 0.3) is 0 Å². The Morgan fingerprint density at radius 2 is 2.45 bits per heavy atom. The molecule has 0 radical (unpaired) electrons. The van der Waals surface area contributed by atoms with Crippen LogP contribution in [0.2, 0.25) is 0 Å². The van der Waals surface area contributed by atoms with Gasteiger partial charge in [0, 0.05) is 41.8 Å². The van der Waals surface area contributed by atoms with Crippen molar-refractivity contribution in [1.82, 2.24) is 15.3 Å². The van der Waals surface area contributed by atoms with E-state index in [-0.39, 0.29) is 5.56 Å². The number of aryl methyl sites for hydroxylation is 1. The Morgan fingerprint density at radius 1 is 1.55 bits per heavy atom. The molecule has 0 bridgehead atoms. The fraction of sp³-hybridized carbons (Fsp3) is 0.467. The number of hydrogen-bond acceptors (Lipinski definition) is 4. The molecule has 0 fully saturated rings. The molecule has 0 amide bonds. The van der Waals surface area contributed by atoms with Crippen LogP contribution in [0, 0.1) is 0 Å². The molecule has 0 aliphatic heterocycles. The fourth-order valence-electron chi connectivity index (χ4n) is 2.80. The molecular formula is C15H19N3OS. The van der Waals surface area contributed by atoms with Gasteiger partial charge in [-0.15, -0.1) is 11.3 Å². The molecule has 0 saturated heterocycles. The first kappa shape index (κ1) is 13.5. The van der Waals surface area contributed by atoms with Crippen LogP contribution < -0.4 is 10.9 Å². The number of rotatable bonds is 4. The number of nitrogens with zero attached hydrogens (tertiary/aromatic N) is 1. The molecule has 2 unspecified atom stereocenters. The molecule has 3 rings (SSSR count). The summed E-state index contributed by atoms with van der Waals surface area (Å²) in [6.07, 6.45) is 5.09. The zero-order valence-electron chi connectivity index (χ0n) is 11.6. The second kappa shape index (κ2) is 5.89. The van der Waals surface area contributed by atoms with Crippen LogP contribution in [0.25, 0.3) is 0 Å². The van der Waals surface area contributed by atoms with Crippen LogP contribution in [-0.2, 0) is 6.42 Å². The maximum Gasteiger partial charge on any atom is 0.248 e. The van der Waals surface area contributed by atoms with Gasteiger partial charge in [0.15, 0.2) is 0 Å². The van der Waals surface area contributed by atoms with Crippen LogP contribution in [0.3, 0.4) is 0 Å². The summed E-state index contributed by atoms with van der Waals surface area (Å²) in [5.41, 5.74) is 2.35. The molecule has 4 nitrogen and oxygen atoms in total. The average Bonchev–Trinajstić information content (AvgIpc) is 2.98. The monoisotopic (exact) mass is 289 g/mol.